The summed E-state index contributed by atoms with van der Waals surface area (Å²) >= 11 is 0. The number of hydrogen-bond acceptors (Lipinski definition) is 5. The van der Waals surface area contributed by atoms with Gasteiger partial charge in [-0.2, -0.15) is 0 Å². The third-order valence-electron chi connectivity index (χ3n) is 3.02. The number of aliphatic hydroxyl groups excluding tert-OH is 1. The topological polar surface area (TPSA) is 124 Å². The van der Waals surface area contributed by atoms with Crippen molar-refractivity contribution in [1.82, 2.24) is 4.72 Å². The Balaban J connectivity index is 3.23. The number of rotatable bonds is 6. The molecule has 112 valence electrons. The highest BCUT2D eigenvalue weighted by molar-refractivity contribution is 7.89. The first-order valence-electron chi connectivity index (χ1n) is 5.86. The Hall–Kier alpha value is -1.64. The third kappa shape index (κ3) is 3.47. The van der Waals surface area contributed by atoms with Crippen molar-refractivity contribution in [2.45, 2.75) is 30.7 Å². The Bertz CT molecular complexity index is 606. The Kier molecular flexibility index (Phi) is 4.74. The van der Waals surface area contributed by atoms with E-state index in [1.165, 1.54) is 6.92 Å². The molecule has 0 saturated carbocycles. The predicted molar refractivity (Wildman–Crippen MR) is 71.2 cm³/mol. The molecule has 1 unspecified atom stereocenters. The minimum atomic E-state index is -4.00. The maximum Gasteiger partial charge on any atom is 0.339 e. The monoisotopic (exact) mass is 303 g/mol. The Morgan fingerprint density at radius 1 is 1.40 bits per heavy atom. The van der Waals surface area contributed by atoms with Gasteiger partial charge in [0.1, 0.15) is 11.3 Å². The van der Waals surface area contributed by atoms with Crippen molar-refractivity contribution < 1.29 is 28.5 Å². The lowest BCUT2D eigenvalue weighted by molar-refractivity contribution is 0.0693. The molecule has 0 fully saturated rings. The molecule has 0 amide bonds. The first-order valence-corrected chi connectivity index (χ1v) is 7.34. The standard InChI is InChI=1S/C12H17NO6S/c1-3-12(2,7-14)13-20(18,19)8-4-5-10(15)9(6-8)11(16)17/h4-6,13-15H,3,7H2,1-2H3,(H,16,17). The molecule has 0 aromatic heterocycles. The van der Waals surface area contributed by atoms with Gasteiger partial charge in [0.05, 0.1) is 17.0 Å². The smallest absolute Gasteiger partial charge is 0.339 e. The number of phenols is 1. The summed E-state index contributed by atoms with van der Waals surface area (Å²) in [6, 6.07) is 2.96. The molecule has 0 heterocycles. The molecule has 0 aliphatic heterocycles. The van der Waals surface area contributed by atoms with Crippen LogP contribution in [-0.4, -0.2) is 41.9 Å². The molecule has 0 aliphatic rings. The summed E-state index contributed by atoms with van der Waals surface area (Å²) in [7, 11) is -4.00. The molecule has 4 N–H and O–H groups in total. The lowest BCUT2D eigenvalue weighted by Crippen LogP contribution is -2.48. The number of hydrogen-bond donors (Lipinski definition) is 4. The van der Waals surface area contributed by atoms with Gasteiger partial charge in [0.2, 0.25) is 10.0 Å². The molecule has 0 radical (unpaired) electrons. The summed E-state index contributed by atoms with van der Waals surface area (Å²) in [5.74, 6) is -1.95. The van der Waals surface area contributed by atoms with Crippen LogP contribution in [0.2, 0.25) is 0 Å². The van der Waals surface area contributed by atoms with E-state index in [2.05, 4.69) is 4.72 Å². The summed E-state index contributed by atoms with van der Waals surface area (Å²) in [5, 5.41) is 27.4. The maximum atomic E-state index is 12.2. The van der Waals surface area contributed by atoms with Gasteiger partial charge in [0, 0.05) is 0 Å². The van der Waals surface area contributed by atoms with Gasteiger partial charge in [-0.25, -0.2) is 17.9 Å². The highest BCUT2D eigenvalue weighted by Gasteiger charge is 2.29. The van der Waals surface area contributed by atoms with Gasteiger partial charge in [-0.05, 0) is 31.5 Å². The quantitative estimate of drug-likeness (QED) is 0.607. The zero-order chi connectivity index (χ0) is 15.6. The molecular formula is C12H17NO6S. The second-order valence-electron chi connectivity index (χ2n) is 4.66. The van der Waals surface area contributed by atoms with Crippen LogP contribution in [0.3, 0.4) is 0 Å². The van der Waals surface area contributed by atoms with Gasteiger partial charge in [-0.3, -0.25) is 0 Å². The van der Waals surface area contributed by atoms with Crippen LogP contribution in [0.15, 0.2) is 23.1 Å². The summed E-state index contributed by atoms with van der Waals surface area (Å²) in [6.07, 6.45) is 0.354. The van der Waals surface area contributed by atoms with Gasteiger partial charge in [-0.15, -0.1) is 0 Å². The van der Waals surface area contributed by atoms with E-state index in [4.69, 9.17) is 5.11 Å². The average molecular weight is 303 g/mol. The fraction of sp³-hybridized carbons (Fsp3) is 0.417. The molecule has 1 atom stereocenters. The van der Waals surface area contributed by atoms with Gasteiger partial charge >= 0.3 is 5.97 Å². The summed E-state index contributed by atoms with van der Waals surface area (Å²) in [5.41, 5.74) is -1.55. The second-order valence-corrected chi connectivity index (χ2v) is 6.34. The molecule has 1 aromatic rings. The van der Waals surface area contributed by atoms with E-state index in [0.29, 0.717) is 6.42 Å². The predicted octanol–water partition coefficient (Wildman–Crippen LogP) is 0.530. The molecule has 0 saturated heterocycles. The maximum absolute atomic E-state index is 12.2. The summed E-state index contributed by atoms with van der Waals surface area (Å²) in [6.45, 7) is 2.84. The van der Waals surface area contributed by atoms with E-state index >= 15 is 0 Å². The zero-order valence-corrected chi connectivity index (χ0v) is 11.9. The van der Waals surface area contributed by atoms with Crippen molar-refractivity contribution >= 4 is 16.0 Å². The van der Waals surface area contributed by atoms with Gasteiger partial charge in [-0.1, -0.05) is 6.92 Å². The lowest BCUT2D eigenvalue weighted by Gasteiger charge is -2.26. The van der Waals surface area contributed by atoms with E-state index in [1.54, 1.807) is 6.92 Å². The average Bonchev–Trinajstić information content (AvgIpc) is 2.38. The lowest BCUT2D eigenvalue weighted by atomic mass is 10.0. The van der Waals surface area contributed by atoms with E-state index in [9.17, 15) is 23.4 Å². The van der Waals surface area contributed by atoms with Crippen LogP contribution in [0.4, 0.5) is 0 Å². The molecule has 0 aliphatic carbocycles. The summed E-state index contributed by atoms with van der Waals surface area (Å²) in [4.78, 5) is 10.6. The van der Waals surface area contributed by atoms with Gasteiger partial charge in [0.15, 0.2) is 0 Å². The molecule has 0 bridgehead atoms. The minimum Gasteiger partial charge on any atom is -0.507 e. The Labute approximate surface area is 116 Å². The van der Waals surface area contributed by atoms with Gasteiger partial charge in [0.25, 0.3) is 0 Å². The van der Waals surface area contributed by atoms with Crippen molar-refractivity contribution in [3.63, 3.8) is 0 Å². The largest absolute Gasteiger partial charge is 0.507 e. The second kappa shape index (κ2) is 5.78. The number of nitrogens with one attached hydrogen (secondary N) is 1. The number of sulfonamides is 1. The van der Waals surface area contributed by atoms with Crippen LogP contribution in [-0.2, 0) is 10.0 Å². The number of aromatic carboxylic acids is 1. The minimum absolute atomic E-state index is 0.291. The first-order chi connectivity index (χ1) is 9.15. The molecule has 1 rings (SSSR count). The van der Waals surface area contributed by atoms with E-state index < -0.39 is 39.5 Å². The molecule has 0 spiro atoms. The van der Waals surface area contributed by atoms with Crippen molar-refractivity contribution in [2.24, 2.45) is 0 Å². The van der Waals surface area contributed by atoms with Crippen LogP contribution < -0.4 is 4.72 Å². The highest BCUT2D eigenvalue weighted by atomic mass is 32.2. The van der Waals surface area contributed by atoms with E-state index in [-0.39, 0.29) is 4.90 Å². The summed E-state index contributed by atoms with van der Waals surface area (Å²) < 4.78 is 26.6. The van der Waals surface area contributed by atoms with Crippen LogP contribution in [0.25, 0.3) is 0 Å². The molecule has 20 heavy (non-hydrogen) atoms. The fourth-order valence-corrected chi connectivity index (χ4v) is 2.95. The van der Waals surface area contributed by atoms with Crippen LogP contribution in [0, 0.1) is 0 Å². The number of carbonyl (C=O) groups is 1. The number of aliphatic hydroxyl groups is 1. The normalized spacial score (nSPS) is 14.8. The fourth-order valence-electron chi connectivity index (χ4n) is 1.45. The number of carboxylic acid groups (broad SMARTS) is 1. The van der Waals surface area contributed by atoms with E-state index in [0.717, 1.165) is 18.2 Å². The van der Waals surface area contributed by atoms with Gasteiger partial charge < -0.3 is 15.3 Å². The van der Waals surface area contributed by atoms with Crippen molar-refractivity contribution in [1.29, 1.82) is 0 Å². The van der Waals surface area contributed by atoms with Crippen molar-refractivity contribution in [2.75, 3.05) is 6.61 Å². The molecular weight excluding hydrogens is 286 g/mol. The van der Waals surface area contributed by atoms with Crippen LogP contribution in [0.5, 0.6) is 5.75 Å². The Morgan fingerprint density at radius 2 is 2.00 bits per heavy atom. The highest BCUT2D eigenvalue weighted by Crippen LogP contribution is 2.22. The van der Waals surface area contributed by atoms with Crippen molar-refractivity contribution in [3.8, 4) is 5.75 Å². The van der Waals surface area contributed by atoms with Crippen molar-refractivity contribution in [3.05, 3.63) is 23.8 Å². The Morgan fingerprint density at radius 3 is 2.45 bits per heavy atom. The zero-order valence-electron chi connectivity index (χ0n) is 11.1. The molecule has 7 nitrogen and oxygen atoms in total. The number of carboxylic acids is 1. The number of benzene rings is 1. The van der Waals surface area contributed by atoms with E-state index in [1.807, 2.05) is 0 Å². The SMILES string of the molecule is CCC(C)(CO)NS(=O)(=O)c1ccc(O)c(C(=O)O)c1. The molecule has 1 aromatic carbocycles. The first kappa shape index (κ1) is 16.4. The van der Waals surface area contributed by atoms with Crippen LogP contribution >= 0.6 is 0 Å². The number of aromatic hydroxyl groups is 1. The third-order valence-corrected chi connectivity index (χ3v) is 4.65. The van der Waals surface area contributed by atoms with Crippen LogP contribution in [0.1, 0.15) is 30.6 Å². The molecule has 8 heteroatoms.